The van der Waals surface area contributed by atoms with E-state index < -0.39 is 0 Å². The van der Waals surface area contributed by atoms with Crippen molar-refractivity contribution in [3.63, 3.8) is 0 Å². The predicted octanol–water partition coefficient (Wildman–Crippen LogP) is 4.13. The van der Waals surface area contributed by atoms with Gasteiger partial charge < -0.3 is 19.4 Å². The number of carbonyl (C=O) groups is 2. The molecule has 0 atom stereocenters. The highest BCUT2D eigenvalue weighted by molar-refractivity contribution is 6.31. The molecule has 0 bridgehead atoms. The molecule has 1 saturated heterocycles. The van der Waals surface area contributed by atoms with Crippen molar-refractivity contribution in [2.24, 2.45) is 0 Å². The van der Waals surface area contributed by atoms with Crippen molar-refractivity contribution in [3.8, 4) is 0 Å². The molecule has 0 radical (unpaired) electrons. The lowest BCUT2D eigenvalue weighted by Crippen LogP contribution is -2.40. The molecule has 0 saturated carbocycles. The summed E-state index contributed by atoms with van der Waals surface area (Å²) in [7, 11) is 0. The number of furan rings is 1. The number of amides is 2. The van der Waals surface area contributed by atoms with Crippen molar-refractivity contribution in [2.45, 2.75) is 12.8 Å². The number of benzene rings is 2. The van der Waals surface area contributed by atoms with Crippen LogP contribution in [0, 0.1) is 0 Å². The number of morpholine rings is 1. The fourth-order valence-electron chi connectivity index (χ4n) is 3.38. The lowest BCUT2D eigenvalue weighted by molar-refractivity contribution is -0.116. The number of hydrogen-bond donors (Lipinski definition) is 1. The van der Waals surface area contributed by atoms with Crippen LogP contribution in [0.4, 0.5) is 5.69 Å². The van der Waals surface area contributed by atoms with Crippen molar-refractivity contribution < 1.29 is 18.7 Å². The Morgan fingerprint density at radius 3 is 2.55 bits per heavy atom. The summed E-state index contributed by atoms with van der Waals surface area (Å²) in [5, 5.41) is 4.23. The second-order valence-corrected chi connectivity index (χ2v) is 7.25. The SMILES string of the molecule is O=C(CCc1ccccc1Cl)Nc1c(C(=O)N2CCOCC2)oc2ccccc12. The Bertz CT molecular complexity index is 1040. The molecule has 1 aliphatic rings. The molecule has 3 aromatic rings. The predicted molar refractivity (Wildman–Crippen MR) is 111 cm³/mol. The van der Waals surface area contributed by atoms with Crippen LogP contribution in [0.3, 0.4) is 0 Å². The number of rotatable bonds is 5. The van der Waals surface area contributed by atoms with Gasteiger partial charge >= 0.3 is 0 Å². The van der Waals surface area contributed by atoms with Gasteiger partial charge in [-0.15, -0.1) is 0 Å². The Morgan fingerprint density at radius 2 is 1.76 bits per heavy atom. The second-order valence-electron chi connectivity index (χ2n) is 6.85. The Hall–Kier alpha value is -2.83. The van der Waals surface area contributed by atoms with E-state index in [9.17, 15) is 9.59 Å². The fourth-order valence-corrected chi connectivity index (χ4v) is 3.61. The van der Waals surface area contributed by atoms with Gasteiger partial charge in [0.1, 0.15) is 11.3 Å². The number of ether oxygens (including phenoxy) is 1. The average Bonchev–Trinajstić information content (AvgIpc) is 3.11. The maximum atomic E-state index is 13.0. The van der Waals surface area contributed by atoms with Gasteiger partial charge in [0.05, 0.1) is 13.2 Å². The lowest BCUT2D eigenvalue weighted by atomic mass is 10.1. The van der Waals surface area contributed by atoms with Crippen LogP contribution in [0.15, 0.2) is 52.9 Å². The molecule has 2 aromatic carbocycles. The number of fused-ring (bicyclic) bond motifs is 1. The molecular weight excluding hydrogens is 392 g/mol. The molecule has 2 amide bonds. The smallest absolute Gasteiger partial charge is 0.291 e. The van der Waals surface area contributed by atoms with E-state index in [0.717, 1.165) is 5.56 Å². The molecule has 0 unspecified atom stereocenters. The van der Waals surface area contributed by atoms with E-state index in [0.29, 0.717) is 54.4 Å². The molecule has 4 rings (SSSR count). The van der Waals surface area contributed by atoms with Gasteiger partial charge in [0.2, 0.25) is 11.7 Å². The lowest BCUT2D eigenvalue weighted by Gasteiger charge is -2.26. The van der Waals surface area contributed by atoms with Gasteiger partial charge in [-0.25, -0.2) is 0 Å². The summed E-state index contributed by atoms with van der Waals surface area (Å²) in [6, 6.07) is 14.7. The zero-order chi connectivity index (χ0) is 20.2. The largest absolute Gasteiger partial charge is 0.449 e. The Labute approximate surface area is 173 Å². The minimum atomic E-state index is -0.245. The van der Waals surface area contributed by atoms with Crippen LogP contribution in [0.1, 0.15) is 22.5 Å². The van der Waals surface area contributed by atoms with E-state index >= 15 is 0 Å². The summed E-state index contributed by atoms with van der Waals surface area (Å²) in [6.07, 6.45) is 0.752. The first kappa shape index (κ1) is 19.5. The molecule has 7 heteroatoms. The van der Waals surface area contributed by atoms with E-state index in [4.69, 9.17) is 20.8 Å². The number of nitrogens with one attached hydrogen (secondary N) is 1. The van der Waals surface area contributed by atoms with Crippen LogP contribution in [0.25, 0.3) is 11.0 Å². The maximum absolute atomic E-state index is 13.0. The molecule has 150 valence electrons. The highest BCUT2D eigenvalue weighted by Crippen LogP contribution is 2.32. The molecule has 1 aromatic heterocycles. The average molecular weight is 413 g/mol. The van der Waals surface area contributed by atoms with Gasteiger partial charge in [-0.1, -0.05) is 41.9 Å². The number of para-hydroxylation sites is 1. The highest BCUT2D eigenvalue weighted by Gasteiger charge is 2.27. The minimum Gasteiger partial charge on any atom is -0.449 e. The molecule has 2 heterocycles. The Morgan fingerprint density at radius 1 is 1.03 bits per heavy atom. The van der Waals surface area contributed by atoms with Crippen molar-refractivity contribution in [3.05, 3.63) is 64.9 Å². The molecule has 6 nitrogen and oxygen atoms in total. The molecule has 1 N–H and O–H groups in total. The third-order valence-corrected chi connectivity index (χ3v) is 5.30. The summed E-state index contributed by atoms with van der Waals surface area (Å²) >= 11 is 6.17. The number of aryl methyl sites for hydroxylation is 1. The summed E-state index contributed by atoms with van der Waals surface area (Å²) in [4.78, 5) is 27.3. The first-order valence-electron chi connectivity index (χ1n) is 9.55. The Kier molecular flexibility index (Phi) is 5.83. The fraction of sp³-hybridized carbons (Fsp3) is 0.273. The van der Waals surface area contributed by atoms with Gasteiger partial charge in [-0.05, 0) is 30.2 Å². The van der Waals surface area contributed by atoms with Crippen molar-refractivity contribution in [1.82, 2.24) is 4.90 Å². The van der Waals surface area contributed by atoms with Crippen LogP contribution in [0.2, 0.25) is 5.02 Å². The van der Waals surface area contributed by atoms with Crippen LogP contribution in [-0.4, -0.2) is 43.0 Å². The molecule has 29 heavy (non-hydrogen) atoms. The van der Waals surface area contributed by atoms with Crippen LogP contribution in [0.5, 0.6) is 0 Å². The molecular formula is C22H21ClN2O4. The number of nitrogens with zero attached hydrogens (tertiary/aromatic N) is 1. The maximum Gasteiger partial charge on any atom is 0.291 e. The van der Waals surface area contributed by atoms with Gasteiger partial charge in [-0.2, -0.15) is 0 Å². The Balaban J connectivity index is 1.56. The standard InChI is InChI=1S/C22H21ClN2O4/c23-17-7-3-1-5-15(17)9-10-19(26)24-20-16-6-2-4-8-18(16)29-21(20)22(27)25-11-13-28-14-12-25/h1-8H,9-14H2,(H,24,26). The van der Waals surface area contributed by atoms with Gasteiger partial charge in [0, 0.05) is 29.9 Å². The number of halogens is 1. The van der Waals surface area contributed by atoms with Crippen LogP contribution < -0.4 is 5.32 Å². The summed E-state index contributed by atoms with van der Waals surface area (Å²) < 4.78 is 11.1. The van der Waals surface area contributed by atoms with E-state index in [1.807, 2.05) is 36.4 Å². The topological polar surface area (TPSA) is 71.8 Å². The number of anilines is 1. The van der Waals surface area contributed by atoms with Crippen molar-refractivity contribution >= 4 is 40.1 Å². The third kappa shape index (κ3) is 4.28. The van der Waals surface area contributed by atoms with E-state index in [1.165, 1.54) is 0 Å². The van der Waals surface area contributed by atoms with Crippen molar-refractivity contribution in [2.75, 3.05) is 31.6 Å². The summed E-state index contributed by atoms with van der Waals surface area (Å²) in [6.45, 7) is 1.97. The number of hydrogen-bond acceptors (Lipinski definition) is 4. The van der Waals surface area contributed by atoms with Crippen LogP contribution in [-0.2, 0) is 16.0 Å². The normalized spacial score (nSPS) is 14.2. The molecule has 0 spiro atoms. The van der Waals surface area contributed by atoms with Gasteiger partial charge in [0.25, 0.3) is 5.91 Å². The molecule has 1 fully saturated rings. The monoisotopic (exact) mass is 412 g/mol. The third-order valence-electron chi connectivity index (χ3n) is 4.93. The first-order valence-corrected chi connectivity index (χ1v) is 9.93. The zero-order valence-electron chi connectivity index (χ0n) is 15.8. The first-order chi connectivity index (χ1) is 14.1. The summed E-state index contributed by atoms with van der Waals surface area (Å²) in [5.41, 5.74) is 1.89. The van der Waals surface area contributed by atoms with Gasteiger partial charge in [-0.3, -0.25) is 9.59 Å². The highest BCUT2D eigenvalue weighted by atomic mass is 35.5. The van der Waals surface area contributed by atoms with Crippen molar-refractivity contribution in [1.29, 1.82) is 0 Å². The van der Waals surface area contributed by atoms with E-state index in [2.05, 4.69) is 5.32 Å². The zero-order valence-corrected chi connectivity index (χ0v) is 16.6. The quantitative estimate of drug-likeness (QED) is 0.684. The van der Waals surface area contributed by atoms with E-state index in [-0.39, 0.29) is 24.0 Å². The van der Waals surface area contributed by atoms with Crippen LogP contribution >= 0.6 is 11.6 Å². The molecule has 0 aliphatic carbocycles. The number of carbonyl (C=O) groups excluding carboxylic acids is 2. The summed E-state index contributed by atoms with van der Waals surface area (Å²) in [5.74, 6) is -0.294. The second kappa shape index (κ2) is 8.68. The molecule has 1 aliphatic heterocycles. The minimum absolute atomic E-state index is 0.152. The van der Waals surface area contributed by atoms with E-state index in [1.54, 1.807) is 17.0 Å². The van der Waals surface area contributed by atoms with Gasteiger partial charge in [0.15, 0.2) is 0 Å².